The van der Waals surface area contributed by atoms with Gasteiger partial charge < -0.3 is 0 Å². The Hall–Kier alpha value is -1.05. The van der Waals surface area contributed by atoms with Gasteiger partial charge in [-0.2, -0.15) is 0 Å². The summed E-state index contributed by atoms with van der Waals surface area (Å²) < 4.78 is 1.39. The highest BCUT2D eigenvalue weighted by Crippen LogP contribution is 2.52. The third-order valence-electron chi connectivity index (χ3n) is 5.94. The normalized spacial score (nSPS) is 13.4. The Morgan fingerprint density at radius 2 is 1.33 bits per heavy atom. The summed E-state index contributed by atoms with van der Waals surface area (Å²) in [5, 5.41) is 2.84. The molecule has 2 aliphatic rings. The smallest absolute Gasteiger partial charge is 0.0226 e. The van der Waals surface area contributed by atoms with Crippen molar-refractivity contribution < 1.29 is 0 Å². The van der Waals surface area contributed by atoms with E-state index in [2.05, 4.69) is 104 Å². The van der Waals surface area contributed by atoms with Gasteiger partial charge in [0.25, 0.3) is 0 Å². The summed E-state index contributed by atoms with van der Waals surface area (Å²) in [6.45, 7) is 0. The van der Waals surface area contributed by atoms with Gasteiger partial charge in [0.1, 0.15) is 0 Å². The maximum absolute atomic E-state index is 2.54. The van der Waals surface area contributed by atoms with Crippen LogP contribution in [0.5, 0.6) is 0 Å². The van der Waals surface area contributed by atoms with E-state index in [0.717, 1.165) is 12.8 Å². The lowest BCUT2D eigenvalue weighted by Crippen LogP contribution is -1.93. The highest BCUT2D eigenvalue weighted by atomic mass is 127. The monoisotopic (exact) mass is 588 g/mol. The zero-order valence-corrected chi connectivity index (χ0v) is 19.5. The third-order valence-corrected chi connectivity index (χ3v) is 8.85. The molecule has 0 saturated carbocycles. The zero-order valence-electron chi connectivity index (χ0n) is 14.4. The van der Waals surface area contributed by atoms with Crippen molar-refractivity contribution in [3.63, 3.8) is 0 Å². The van der Waals surface area contributed by atoms with E-state index in [4.69, 9.17) is 0 Å². The topological polar surface area (TPSA) is 0 Å². The lowest BCUT2D eigenvalue weighted by molar-refractivity contribution is 1.20. The number of rotatable bonds is 1. The number of halogens is 2. The van der Waals surface area contributed by atoms with Gasteiger partial charge in [-0.05, 0) is 103 Å². The second-order valence-corrected chi connectivity index (χ2v) is 10.4. The Bertz CT molecular complexity index is 1270. The van der Waals surface area contributed by atoms with Crippen molar-refractivity contribution in [1.82, 2.24) is 0 Å². The zero-order chi connectivity index (χ0) is 18.1. The van der Waals surface area contributed by atoms with Gasteiger partial charge in [0.2, 0.25) is 0 Å². The van der Waals surface area contributed by atoms with Crippen LogP contribution in [0, 0.1) is 3.57 Å². The Balaban J connectivity index is 1.84. The first-order valence-corrected chi connectivity index (χ1v) is 13.5. The minimum atomic E-state index is 1.05. The summed E-state index contributed by atoms with van der Waals surface area (Å²) in [6, 6.07) is 22.7. The molecular weight excluding hydrogens is 574 g/mol. The lowest BCUT2D eigenvalue weighted by atomic mass is 9.90. The molecule has 0 amide bonds. The van der Waals surface area contributed by atoms with Crippen LogP contribution >= 0.6 is 52.7 Å². The fourth-order valence-corrected chi connectivity index (χ4v) is 7.24. The van der Waals surface area contributed by atoms with E-state index in [1.165, 1.54) is 63.7 Å². The second kappa shape index (κ2) is 6.22. The highest BCUT2D eigenvalue weighted by molar-refractivity contribution is 14.2. The molecule has 3 heteroatoms. The fraction of sp³-hybridized carbons (Fsp3) is 0.0833. The van der Waals surface area contributed by atoms with Crippen molar-refractivity contribution in [2.75, 3.05) is 0 Å². The summed E-state index contributed by atoms with van der Waals surface area (Å²) in [7, 11) is 1.85. The van der Waals surface area contributed by atoms with Gasteiger partial charge in [-0.15, -0.1) is 0 Å². The predicted octanol–water partition coefficient (Wildman–Crippen LogP) is 8.03. The fourth-order valence-electron chi connectivity index (χ4n) is 4.83. The van der Waals surface area contributed by atoms with Crippen LogP contribution in [0.2, 0.25) is 0 Å². The predicted molar refractivity (Wildman–Crippen MR) is 133 cm³/mol. The number of hydrogen-bond acceptors (Lipinski definition) is 1. The molecule has 130 valence electrons. The highest BCUT2D eigenvalue weighted by Gasteiger charge is 2.29. The first-order chi connectivity index (χ1) is 13.3. The number of benzene rings is 4. The van der Waals surface area contributed by atoms with Crippen LogP contribution < -0.4 is 0 Å². The van der Waals surface area contributed by atoms with E-state index in [1.54, 1.807) is 0 Å². The molecule has 0 heterocycles. The quantitative estimate of drug-likeness (QED) is 0.175. The minimum absolute atomic E-state index is 1.05. The Kier molecular flexibility index (Phi) is 3.89. The van der Waals surface area contributed by atoms with Crippen LogP contribution in [-0.4, -0.2) is 0 Å². The maximum atomic E-state index is 2.54. The average molecular weight is 588 g/mol. The molecular formula is C24H14I2S. The molecule has 0 radical (unpaired) electrons. The molecule has 0 bridgehead atoms. The van der Waals surface area contributed by atoms with Crippen LogP contribution in [0.3, 0.4) is 0 Å². The van der Waals surface area contributed by atoms with Gasteiger partial charge in [-0.25, -0.2) is 0 Å². The molecule has 0 aromatic heterocycles. The van der Waals surface area contributed by atoms with Crippen molar-refractivity contribution in [3.8, 4) is 22.3 Å². The van der Waals surface area contributed by atoms with Gasteiger partial charge in [-0.3, -0.25) is 0 Å². The van der Waals surface area contributed by atoms with Crippen LogP contribution in [0.1, 0.15) is 22.3 Å². The van der Waals surface area contributed by atoms with Crippen LogP contribution in [0.15, 0.2) is 65.6 Å². The molecule has 2 aliphatic carbocycles. The summed E-state index contributed by atoms with van der Waals surface area (Å²) in [4.78, 5) is 1.41. The van der Waals surface area contributed by atoms with Crippen molar-refractivity contribution in [2.45, 2.75) is 17.7 Å². The Morgan fingerprint density at radius 1 is 0.741 bits per heavy atom. The molecule has 27 heavy (non-hydrogen) atoms. The maximum Gasteiger partial charge on any atom is 0.0226 e. The van der Waals surface area contributed by atoms with Crippen molar-refractivity contribution in [2.24, 2.45) is 0 Å². The van der Waals surface area contributed by atoms with E-state index < -0.39 is 0 Å². The molecule has 0 spiro atoms. The minimum Gasteiger partial charge on any atom is -0.0619 e. The van der Waals surface area contributed by atoms with Crippen molar-refractivity contribution >= 4 is 63.5 Å². The average Bonchev–Trinajstić information content (AvgIpc) is 3.27. The summed E-state index contributed by atoms with van der Waals surface area (Å²) in [5.41, 5.74) is 11.8. The van der Waals surface area contributed by atoms with Gasteiger partial charge in [0, 0.05) is 29.7 Å². The Morgan fingerprint density at radius 3 is 2.00 bits per heavy atom. The van der Waals surface area contributed by atoms with Crippen molar-refractivity contribution in [1.29, 1.82) is 0 Å². The van der Waals surface area contributed by atoms with Crippen LogP contribution in [0.25, 0.3) is 33.0 Å². The molecule has 0 saturated heterocycles. The molecule has 4 aromatic rings. The van der Waals surface area contributed by atoms with Gasteiger partial charge in [0.05, 0.1) is 0 Å². The first-order valence-electron chi connectivity index (χ1n) is 9.02. The largest absolute Gasteiger partial charge is 0.0619 e. The SMILES string of the molecule is ISc1cc2cc(I)c3c(c2c2c1Cc1ccccc1-2)-c1ccccc1C3. The molecule has 4 aromatic carbocycles. The summed E-state index contributed by atoms with van der Waals surface area (Å²) in [6.07, 6.45) is 2.11. The molecule has 0 aliphatic heterocycles. The number of fused-ring (bicyclic) bond motifs is 9. The van der Waals surface area contributed by atoms with Crippen molar-refractivity contribution in [3.05, 3.63) is 86.5 Å². The van der Waals surface area contributed by atoms with Gasteiger partial charge in [-0.1, -0.05) is 57.5 Å². The molecule has 0 fully saturated rings. The third kappa shape index (κ3) is 2.34. The summed E-state index contributed by atoms with van der Waals surface area (Å²) >= 11 is 4.98. The Labute approximate surface area is 188 Å². The molecule has 0 atom stereocenters. The standard InChI is InChI=1S/C24H14I2S/c25-20-11-15-12-21(27-26)19-10-14-6-2-4-8-17(14)24(19)22(15)23-16-7-3-1-5-13(16)9-18(20)23/h1-8,11-12H,9-10H2. The molecule has 0 nitrogen and oxygen atoms in total. The second-order valence-electron chi connectivity index (χ2n) is 7.28. The molecule has 6 rings (SSSR count). The molecule has 0 unspecified atom stereocenters. The number of hydrogen-bond donors (Lipinski definition) is 0. The molecule has 0 N–H and O–H groups in total. The van der Waals surface area contributed by atoms with Crippen LogP contribution in [-0.2, 0) is 12.8 Å². The van der Waals surface area contributed by atoms with Crippen LogP contribution in [0.4, 0.5) is 0 Å². The lowest BCUT2D eigenvalue weighted by Gasteiger charge is -2.16. The van der Waals surface area contributed by atoms with Gasteiger partial charge in [0.15, 0.2) is 0 Å². The first kappa shape index (κ1) is 16.9. The van der Waals surface area contributed by atoms with E-state index in [9.17, 15) is 0 Å². The van der Waals surface area contributed by atoms with E-state index in [1.807, 2.05) is 8.93 Å². The summed E-state index contributed by atoms with van der Waals surface area (Å²) in [5.74, 6) is 0. The van der Waals surface area contributed by atoms with E-state index >= 15 is 0 Å². The van der Waals surface area contributed by atoms with E-state index in [0.29, 0.717) is 0 Å². The van der Waals surface area contributed by atoms with E-state index in [-0.39, 0.29) is 0 Å². The van der Waals surface area contributed by atoms with Gasteiger partial charge >= 0.3 is 0 Å².